The van der Waals surface area contributed by atoms with Gasteiger partial charge in [-0.05, 0) is 24.0 Å². The molecular weight excluding hydrogens is 274 g/mol. The van der Waals surface area contributed by atoms with E-state index in [0.29, 0.717) is 13.0 Å². The molecule has 0 unspecified atom stereocenters. The smallest absolute Gasteiger partial charge is 0.307 e. The third-order valence-corrected chi connectivity index (χ3v) is 3.98. The van der Waals surface area contributed by atoms with Crippen molar-refractivity contribution in [2.24, 2.45) is 0 Å². The largest absolute Gasteiger partial charge is 0.481 e. The van der Waals surface area contributed by atoms with Gasteiger partial charge in [0.25, 0.3) is 0 Å². The standard InChI is InChI=1S/C15H17NO3S/c1-2-11-5-7-12(8-6-11)13-10-20-15(19)16(13)9-3-4-14(17)18/h5-8,10H,2-4,9H2,1H3,(H,17,18). The minimum absolute atomic E-state index is 0.0371. The molecule has 0 atom stereocenters. The molecule has 0 spiro atoms. The molecule has 2 aromatic rings. The molecule has 106 valence electrons. The maximum Gasteiger partial charge on any atom is 0.307 e. The first-order valence-electron chi connectivity index (χ1n) is 6.61. The molecule has 0 saturated carbocycles. The first kappa shape index (κ1) is 14.5. The van der Waals surface area contributed by atoms with Gasteiger partial charge >= 0.3 is 10.8 Å². The Hall–Kier alpha value is -1.88. The fourth-order valence-electron chi connectivity index (χ4n) is 2.07. The molecule has 0 saturated heterocycles. The van der Waals surface area contributed by atoms with E-state index in [9.17, 15) is 9.59 Å². The second kappa shape index (κ2) is 6.52. The lowest BCUT2D eigenvalue weighted by Crippen LogP contribution is -2.15. The summed E-state index contributed by atoms with van der Waals surface area (Å²) < 4.78 is 1.66. The lowest BCUT2D eigenvalue weighted by atomic mass is 10.1. The van der Waals surface area contributed by atoms with Crippen LogP contribution in [0.5, 0.6) is 0 Å². The van der Waals surface area contributed by atoms with Gasteiger partial charge in [-0.1, -0.05) is 42.5 Å². The van der Waals surface area contributed by atoms with Gasteiger partial charge in [-0.3, -0.25) is 14.2 Å². The van der Waals surface area contributed by atoms with Crippen LogP contribution < -0.4 is 4.87 Å². The zero-order chi connectivity index (χ0) is 14.5. The summed E-state index contributed by atoms with van der Waals surface area (Å²) in [5.74, 6) is -0.831. The molecule has 0 aliphatic rings. The maximum atomic E-state index is 11.8. The summed E-state index contributed by atoms with van der Waals surface area (Å²) in [7, 11) is 0. The highest BCUT2D eigenvalue weighted by Crippen LogP contribution is 2.21. The number of nitrogens with zero attached hydrogens (tertiary/aromatic N) is 1. The molecule has 0 amide bonds. The molecule has 2 rings (SSSR count). The molecule has 4 nitrogen and oxygen atoms in total. The second-order valence-corrected chi connectivity index (χ2v) is 5.41. The van der Waals surface area contributed by atoms with Crippen LogP contribution in [0.4, 0.5) is 0 Å². The number of benzene rings is 1. The molecule has 0 fully saturated rings. The molecular formula is C15H17NO3S. The van der Waals surface area contributed by atoms with Crippen LogP contribution in [0.15, 0.2) is 34.4 Å². The first-order chi connectivity index (χ1) is 9.61. The fourth-order valence-corrected chi connectivity index (χ4v) is 2.86. The summed E-state index contributed by atoms with van der Waals surface area (Å²) in [6.45, 7) is 2.54. The molecule has 0 bridgehead atoms. The fraction of sp³-hybridized carbons (Fsp3) is 0.333. The van der Waals surface area contributed by atoms with Crippen molar-refractivity contribution >= 4 is 17.3 Å². The Kier molecular flexibility index (Phi) is 4.74. The summed E-state index contributed by atoms with van der Waals surface area (Å²) in [4.78, 5) is 22.4. The number of rotatable bonds is 6. The van der Waals surface area contributed by atoms with Crippen molar-refractivity contribution in [3.8, 4) is 11.3 Å². The highest BCUT2D eigenvalue weighted by atomic mass is 32.1. The highest BCUT2D eigenvalue weighted by Gasteiger charge is 2.09. The van der Waals surface area contributed by atoms with Crippen LogP contribution in [0.1, 0.15) is 25.3 Å². The van der Waals surface area contributed by atoms with Gasteiger partial charge in [0.05, 0.1) is 5.69 Å². The SMILES string of the molecule is CCc1ccc(-c2csc(=O)n2CCCC(=O)O)cc1. The third kappa shape index (κ3) is 3.36. The number of carboxylic acids is 1. The van der Waals surface area contributed by atoms with Gasteiger partial charge in [0.2, 0.25) is 0 Å². The Balaban J connectivity index is 2.23. The summed E-state index contributed by atoms with van der Waals surface area (Å²) in [6.07, 6.45) is 1.53. The van der Waals surface area contributed by atoms with Gasteiger partial charge in [0.1, 0.15) is 0 Å². The minimum atomic E-state index is -0.831. The van der Waals surface area contributed by atoms with E-state index in [2.05, 4.69) is 19.1 Å². The van der Waals surface area contributed by atoms with Crippen LogP contribution in [-0.2, 0) is 17.8 Å². The predicted molar refractivity (Wildman–Crippen MR) is 80.3 cm³/mol. The number of carbonyl (C=O) groups is 1. The molecule has 1 heterocycles. The molecule has 0 aliphatic heterocycles. The zero-order valence-corrected chi connectivity index (χ0v) is 12.2. The third-order valence-electron chi connectivity index (χ3n) is 3.21. The topological polar surface area (TPSA) is 59.3 Å². The van der Waals surface area contributed by atoms with Gasteiger partial charge in [-0.15, -0.1) is 0 Å². The summed E-state index contributed by atoms with van der Waals surface area (Å²) in [5.41, 5.74) is 3.12. The lowest BCUT2D eigenvalue weighted by molar-refractivity contribution is -0.137. The normalized spacial score (nSPS) is 10.7. The minimum Gasteiger partial charge on any atom is -0.481 e. The molecule has 0 radical (unpaired) electrons. The molecule has 1 aromatic carbocycles. The van der Waals surface area contributed by atoms with Crippen LogP contribution in [0, 0.1) is 0 Å². The average Bonchev–Trinajstić information content (AvgIpc) is 2.80. The number of aryl methyl sites for hydroxylation is 1. The van der Waals surface area contributed by atoms with E-state index < -0.39 is 5.97 Å². The van der Waals surface area contributed by atoms with Gasteiger partial charge in [-0.25, -0.2) is 0 Å². The number of aliphatic carboxylic acids is 1. The van der Waals surface area contributed by atoms with Crippen molar-refractivity contribution in [1.82, 2.24) is 4.57 Å². The van der Waals surface area contributed by atoms with E-state index in [1.165, 1.54) is 5.56 Å². The lowest BCUT2D eigenvalue weighted by Gasteiger charge is -2.07. The van der Waals surface area contributed by atoms with Crippen molar-refractivity contribution in [2.75, 3.05) is 0 Å². The van der Waals surface area contributed by atoms with Crippen LogP contribution in [0.25, 0.3) is 11.3 Å². The molecule has 1 N–H and O–H groups in total. The van der Waals surface area contributed by atoms with E-state index in [1.807, 2.05) is 17.5 Å². The molecule has 5 heteroatoms. The zero-order valence-electron chi connectivity index (χ0n) is 11.3. The van der Waals surface area contributed by atoms with Gasteiger partial charge in [0.15, 0.2) is 0 Å². The molecule has 0 aliphatic carbocycles. The van der Waals surface area contributed by atoms with Crippen molar-refractivity contribution < 1.29 is 9.90 Å². The number of hydrogen-bond donors (Lipinski definition) is 1. The van der Waals surface area contributed by atoms with Gasteiger partial charge < -0.3 is 5.11 Å². The Morgan fingerprint density at radius 2 is 2.00 bits per heavy atom. The van der Waals surface area contributed by atoms with E-state index in [0.717, 1.165) is 29.0 Å². The van der Waals surface area contributed by atoms with Crippen molar-refractivity contribution in [1.29, 1.82) is 0 Å². The number of hydrogen-bond acceptors (Lipinski definition) is 3. The van der Waals surface area contributed by atoms with E-state index in [4.69, 9.17) is 5.11 Å². The van der Waals surface area contributed by atoms with Crippen LogP contribution in [0.3, 0.4) is 0 Å². The number of thiazole rings is 1. The van der Waals surface area contributed by atoms with Crippen LogP contribution >= 0.6 is 11.3 Å². The van der Waals surface area contributed by atoms with Crippen LogP contribution in [-0.4, -0.2) is 15.6 Å². The number of carboxylic acid groups (broad SMARTS) is 1. The Labute approximate surface area is 121 Å². The summed E-state index contributed by atoms with van der Waals surface area (Å²) in [5, 5.41) is 10.5. The van der Waals surface area contributed by atoms with Gasteiger partial charge in [0, 0.05) is 18.3 Å². The highest BCUT2D eigenvalue weighted by molar-refractivity contribution is 7.07. The second-order valence-electron chi connectivity index (χ2n) is 4.59. The first-order valence-corrected chi connectivity index (χ1v) is 7.49. The summed E-state index contributed by atoms with van der Waals surface area (Å²) >= 11 is 1.15. The monoisotopic (exact) mass is 291 g/mol. The van der Waals surface area contributed by atoms with Crippen molar-refractivity contribution in [2.45, 2.75) is 32.7 Å². The van der Waals surface area contributed by atoms with Crippen LogP contribution in [0.2, 0.25) is 0 Å². The average molecular weight is 291 g/mol. The predicted octanol–water partition coefficient (Wildman–Crippen LogP) is 3.00. The Morgan fingerprint density at radius 1 is 1.30 bits per heavy atom. The van der Waals surface area contributed by atoms with E-state index in [1.54, 1.807) is 4.57 Å². The van der Waals surface area contributed by atoms with Gasteiger partial charge in [-0.2, -0.15) is 0 Å². The Bertz CT molecular complexity index is 640. The Morgan fingerprint density at radius 3 is 2.60 bits per heavy atom. The van der Waals surface area contributed by atoms with E-state index >= 15 is 0 Å². The van der Waals surface area contributed by atoms with Crippen molar-refractivity contribution in [3.05, 3.63) is 44.9 Å². The summed E-state index contributed by atoms with van der Waals surface area (Å²) in [6, 6.07) is 8.13. The molecule has 1 aromatic heterocycles. The molecule has 20 heavy (non-hydrogen) atoms. The van der Waals surface area contributed by atoms with E-state index in [-0.39, 0.29) is 11.3 Å². The number of aromatic nitrogens is 1. The quantitative estimate of drug-likeness (QED) is 0.890. The maximum absolute atomic E-state index is 11.8. The van der Waals surface area contributed by atoms with Crippen molar-refractivity contribution in [3.63, 3.8) is 0 Å².